The maximum atomic E-state index is 14.8. The van der Waals surface area contributed by atoms with Gasteiger partial charge in [-0.3, -0.25) is 9.59 Å². The van der Waals surface area contributed by atoms with Gasteiger partial charge in [-0.05, 0) is 54.8 Å². The van der Waals surface area contributed by atoms with Crippen molar-refractivity contribution in [3.05, 3.63) is 94.2 Å². The molecule has 0 saturated heterocycles. The van der Waals surface area contributed by atoms with Gasteiger partial charge in [0.25, 0.3) is 0 Å². The third kappa shape index (κ3) is 6.48. The SMILES string of the molecule is CN(C1CCCCC1)S(=O)(=O)c1ccc(NC(=O)C(=O)NC(c2ccccc2)c2ccc(Br)cc2F)cc1. The predicted octanol–water partition coefficient (Wildman–Crippen LogP) is 5.39. The minimum Gasteiger partial charge on any atom is -0.337 e. The number of halogens is 2. The Morgan fingerprint density at radius 3 is 2.24 bits per heavy atom. The largest absolute Gasteiger partial charge is 0.337 e. The molecule has 1 aliphatic rings. The predicted molar refractivity (Wildman–Crippen MR) is 147 cm³/mol. The fraction of sp³-hybridized carbons (Fsp3) is 0.286. The Balaban J connectivity index is 1.46. The lowest BCUT2D eigenvalue weighted by atomic mass is 9.96. The molecular weight excluding hydrogens is 573 g/mol. The van der Waals surface area contributed by atoms with Crippen molar-refractivity contribution in [1.29, 1.82) is 0 Å². The molecule has 1 unspecified atom stereocenters. The summed E-state index contributed by atoms with van der Waals surface area (Å²) in [6.07, 6.45) is 4.82. The number of rotatable bonds is 7. The van der Waals surface area contributed by atoms with Crippen LogP contribution in [0.4, 0.5) is 10.1 Å². The van der Waals surface area contributed by atoms with Gasteiger partial charge in [-0.1, -0.05) is 71.6 Å². The van der Waals surface area contributed by atoms with E-state index in [2.05, 4.69) is 26.6 Å². The van der Waals surface area contributed by atoms with Gasteiger partial charge in [-0.25, -0.2) is 12.8 Å². The third-order valence-electron chi connectivity index (χ3n) is 6.77. The summed E-state index contributed by atoms with van der Waals surface area (Å²) in [4.78, 5) is 25.6. The second-order valence-electron chi connectivity index (χ2n) is 9.27. The zero-order valence-electron chi connectivity index (χ0n) is 20.9. The molecule has 0 radical (unpaired) electrons. The van der Waals surface area contributed by atoms with Crippen LogP contribution in [0.2, 0.25) is 0 Å². The van der Waals surface area contributed by atoms with Gasteiger partial charge in [-0.2, -0.15) is 4.31 Å². The first-order valence-electron chi connectivity index (χ1n) is 12.4. The number of hydrogen-bond donors (Lipinski definition) is 2. The molecule has 7 nitrogen and oxygen atoms in total. The molecule has 1 aliphatic carbocycles. The Hall–Kier alpha value is -3.08. The van der Waals surface area contributed by atoms with Crippen molar-refractivity contribution in [3.63, 3.8) is 0 Å². The molecule has 4 rings (SSSR count). The Bertz CT molecular complexity index is 1400. The van der Waals surface area contributed by atoms with Crippen molar-refractivity contribution in [2.75, 3.05) is 12.4 Å². The van der Waals surface area contributed by atoms with Crippen molar-refractivity contribution in [2.45, 2.75) is 49.1 Å². The first-order chi connectivity index (χ1) is 18.2. The van der Waals surface area contributed by atoms with Crippen molar-refractivity contribution in [3.8, 4) is 0 Å². The average molecular weight is 603 g/mol. The van der Waals surface area contributed by atoms with Crippen LogP contribution < -0.4 is 10.6 Å². The van der Waals surface area contributed by atoms with Crippen molar-refractivity contribution < 1.29 is 22.4 Å². The number of nitrogens with zero attached hydrogens (tertiary/aromatic N) is 1. The highest BCUT2D eigenvalue weighted by atomic mass is 79.9. The number of nitrogens with one attached hydrogen (secondary N) is 2. The van der Waals surface area contributed by atoms with Crippen LogP contribution in [0.5, 0.6) is 0 Å². The highest BCUT2D eigenvalue weighted by Crippen LogP contribution is 2.28. The van der Waals surface area contributed by atoms with E-state index in [0.717, 1.165) is 32.1 Å². The fourth-order valence-corrected chi connectivity index (χ4v) is 6.37. The summed E-state index contributed by atoms with van der Waals surface area (Å²) in [6, 6.07) is 18.0. The summed E-state index contributed by atoms with van der Waals surface area (Å²) in [7, 11) is -2.08. The molecular formula is C28H29BrFN3O4S. The minimum atomic E-state index is -3.68. The van der Waals surface area contributed by atoms with Gasteiger partial charge in [0.2, 0.25) is 10.0 Å². The average Bonchev–Trinajstić information content (AvgIpc) is 2.92. The molecule has 200 valence electrons. The van der Waals surface area contributed by atoms with Crippen LogP contribution in [0.1, 0.15) is 49.3 Å². The molecule has 3 aromatic carbocycles. The van der Waals surface area contributed by atoms with Crippen LogP contribution in [-0.2, 0) is 19.6 Å². The molecule has 0 heterocycles. The molecule has 0 bridgehead atoms. The van der Waals surface area contributed by atoms with Crippen molar-refractivity contribution in [1.82, 2.24) is 9.62 Å². The minimum absolute atomic E-state index is 0.0232. The molecule has 2 amide bonds. The maximum Gasteiger partial charge on any atom is 0.313 e. The van der Waals surface area contributed by atoms with Crippen molar-refractivity contribution in [2.24, 2.45) is 0 Å². The summed E-state index contributed by atoms with van der Waals surface area (Å²) in [5, 5.41) is 5.09. The van der Waals surface area contributed by atoms with E-state index >= 15 is 0 Å². The van der Waals surface area contributed by atoms with Gasteiger partial charge in [0.15, 0.2) is 0 Å². The highest BCUT2D eigenvalue weighted by Gasteiger charge is 2.29. The fourth-order valence-electron chi connectivity index (χ4n) is 4.62. The number of hydrogen-bond acceptors (Lipinski definition) is 4. The lowest BCUT2D eigenvalue weighted by Crippen LogP contribution is -2.38. The van der Waals surface area contributed by atoms with E-state index in [1.807, 2.05) is 0 Å². The van der Waals surface area contributed by atoms with Crippen LogP contribution in [-0.4, -0.2) is 37.6 Å². The summed E-state index contributed by atoms with van der Waals surface area (Å²) in [5.74, 6) is -2.46. The summed E-state index contributed by atoms with van der Waals surface area (Å²) in [6.45, 7) is 0. The Morgan fingerprint density at radius 1 is 0.947 bits per heavy atom. The van der Waals surface area contributed by atoms with Gasteiger partial charge < -0.3 is 10.6 Å². The van der Waals surface area contributed by atoms with Gasteiger partial charge in [-0.15, -0.1) is 0 Å². The molecule has 1 saturated carbocycles. The molecule has 0 aliphatic heterocycles. The second kappa shape index (κ2) is 12.2. The topological polar surface area (TPSA) is 95.6 Å². The molecule has 2 N–H and O–H groups in total. The summed E-state index contributed by atoms with van der Waals surface area (Å²) < 4.78 is 42.8. The van der Waals surface area contributed by atoms with E-state index in [0.29, 0.717) is 10.0 Å². The second-order valence-corrected chi connectivity index (χ2v) is 12.2. The van der Waals surface area contributed by atoms with E-state index in [1.54, 1.807) is 49.5 Å². The quantitative estimate of drug-likeness (QED) is 0.355. The van der Waals surface area contributed by atoms with Crippen LogP contribution in [0.15, 0.2) is 82.2 Å². The monoisotopic (exact) mass is 601 g/mol. The van der Waals surface area contributed by atoms with Gasteiger partial charge in [0.1, 0.15) is 5.82 Å². The highest BCUT2D eigenvalue weighted by molar-refractivity contribution is 9.10. The molecule has 3 aromatic rings. The van der Waals surface area contributed by atoms with E-state index in [9.17, 15) is 22.4 Å². The molecule has 10 heteroatoms. The first-order valence-corrected chi connectivity index (χ1v) is 14.6. The number of sulfonamides is 1. The van der Waals surface area contributed by atoms with Crippen LogP contribution in [0, 0.1) is 5.82 Å². The molecule has 1 atom stereocenters. The number of benzene rings is 3. The van der Waals surface area contributed by atoms with E-state index < -0.39 is 33.7 Å². The Morgan fingerprint density at radius 2 is 1.61 bits per heavy atom. The molecule has 0 spiro atoms. The van der Waals surface area contributed by atoms with Crippen LogP contribution in [0.25, 0.3) is 0 Å². The lowest BCUT2D eigenvalue weighted by Gasteiger charge is -2.30. The van der Waals surface area contributed by atoms with Crippen molar-refractivity contribution >= 4 is 43.5 Å². The van der Waals surface area contributed by atoms with Crippen LogP contribution in [0.3, 0.4) is 0 Å². The summed E-state index contributed by atoms with van der Waals surface area (Å²) in [5.41, 5.74) is 1.07. The van der Waals surface area contributed by atoms with Crippen LogP contribution >= 0.6 is 15.9 Å². The summed E-state index contributed by atoms with van der Waals surface area (Å²) >= 11 is 3.23. The Labute approximate surface area is 230 Å². The Kier molecular flexibility index (Phi) is 8.96. The zero-order valence-corrected chi connectivity index (χ0v) is 23.3. The third-order valence-corrected chi connectivity index (χ3v) is 9.18. The van der Waals surface area contributed by atoms with Gasteiger partial charge >= 0.3 is 11.8 Å². The standard InChI is InChI=1S/C28H29BrFN3O4S/c1-33(22-10-6-3-7-11-22)38(36,37)23-15-13-21(14-16-23)31-27(34)28(35)32-26(19-8-4-2-5-9-19)24-17-12-20(29)18-25(24)30/h2,4-5,8-9,12-18,22,26H,3,6-7,10-11H2,1H3,(H,31,34)(H,32,35). The number of carbonyl (C=O) groups is 2. The van der Waals surface area contributed by atoms with E-state index in [-0.39, 0.29) is 22.2 Å². The molecule has 38 heavy (non-hydrogen) atoms. The molecule has 0 aromatic heterocycles. The maximum absolute atomic E-state index is 14.8. The number of anilines is 1. The lowest BCUT2D eigenvalue weighted by molar-refractivity contribution is -0.136. The van der Waals surface area contributed by atoms with E-state index in [4.69, 9.17) is 0 Å². The number of carbonyl (C=O) groups excluding carboxylic acids is 2. The van der Waals surface area contributed by atoms with Gasteiger partial charge in [0.05, 0.1) is 10.9 Å². The van der Waals surface area contributed by atoms with E-state index in [1.165, 1.54) is 34.6 Å². The smallest absolute Gasteiger partial charge is 0.313 e. The molecule has 1 fully saturated rings. The first kappa shape index (κ1) is 27.9. The zero-order chi connectivity index (χ0) is 27.3. The van der Waals surface area contributed by atoms with Gasteiger partial charge in [0, 0.05) is 28.8 Å². The number of amides is 2. The normalized spacial score (nSPS) is 15.2.